The molecular formula is C34H29N3O5S2. The highest BCUT2D eigenvalue weighted by Crippen LogP contribution is 2.68. The summed E-state index contributed by atoms with van der Waals surface area (Å²) in [6, 6.07) is 24.5. The number of fused-ring (bicyclic) bond motifs is 9. The molecule has 8 nitrogen and oxygen atoms in total. The number of aromatic nitrogens is 1. The zero-order valence-electron chi connectivity index (χ0n) is 23.8. The van der Waals surface area contributed by atoms with Gasteiger partial charge in [0.25, 0.3) is 5.91 Å². The van der Waals surface area contributed by atoms with Crippen molar-refractivity contribution in [2.45, 2.75) is 29.5 Å². The lowest BCUT2D eigenvalue weighted by Crippen LogP contribution is -2.42. The number of ether oxygens (including phenoxy) is 1. The van der Waals surface area contributed by atoms with E-state index in [1.165, 1.54) is 16.2 Å². The van der Waals surface area contributed by atoms with Crippen LogP contribution in [0.1, 0.15) is 28.3 Å². The largest absolute Gasteiger partial charge is 0.484 e. The monoisotopic (exact) mass is 623 g/mol. The van der Waals surface area contributed by atoms with Gasteiger partial charge in [-0.25, -0.2) is 0 Å². The molecule has 44 heavy (non-hydrogen) atoms. The number of benzene rings is 3. The van der Waals surface area contributed by atoms with E-state index in [4.69, 9.17) is 4.74 Å². The summed E-state index contributed by atoms with van der Waals surface area (Å²) in [4.78, 5) is 58.0. The zero-order valence-corrected chi connectivity index (χ0v) is 25.4. The number of H-pyrrole nitrogens is 1. The van der Waals surface area contributed by atoms with Crippen molar-refractivity contribution in [3.63, 3.8) is 0 Å². The molecule has 4 aliphatic rings. The second-order valence-corrected chi connectivity index (χ2v) is 14.3. The molecule has 4 aromatic rings. The van der Waals surface area contributed by atoms with Gasteiger partial charge in [0.05, 0.1) is 22.5 Å². The first kappa shape index (κ1) is 27.4. The molecule has 3 amide bonds. The SMILES string of the molecule is Cc1ccc(N2C(=O)[C@H]3[C@H]4C[C@@H]([C@@H]3C2=O)[C@@H]2[C@H](c3ccc(OCC(=O)Nc5ccccc5)cc3)c3sc(=O)[nH]c3S[C@H]42)cc1. The number of carbonyl (C=O) groups is 3. The maximum atomic E-state index is 13.9. The number of hydrogen-bond donors (Lipinski definition) is 2. The molecule has 222 valence electrons. The van der Waals surface area contributed by atoms with Crippen LogP contribution in [0.15, 0.2) is 88.7 Å². The molecule has 1 aromatic heterocycles. The van der Waals surface area contributed by atoms with Gasteiger partial charge >= 0.3 is 4.87 Å². The number of rotatable bonds is 6. The van der Waals surface area contributed by atoms with E-state index >= 15 is 0 Å². The number of hydrogen-bond acceptors (Lipinski definition) is 7. The fourth-order valence-corrected chi connectivity index (χ4v) is 10.9. The summed E-state index contributed by atoms with van der Waals surface area (Å²) >= 11 is 2.92. The van der Waals surface area contributed by atoms with Crippen molar-refractivity contribution < 1.29 is 19.1 Å². The minimum Gasteiger partial charge on any atom is -0.484 e. The molecule has 0 spiro atoms. The van der Waals surface area contributed by atoms with E-state index in [1.54, 1.807) is 11.8 Å². The number of nitrogens with zero attached hydrogens (tertiary/aromatic N) is 1. The predicted octanol–water partition coefficient (Wildman–Crippen LogP) is 5.44. The van der Waals surface area contributed by atoms with Crippen LogP contribution in [0, 0.1) is 36.5 Å². The molecule has 1 saturated heterocycles. The number of amides is 3. The first-order chi connectivity index (χ1) is 21.4. The molecule has 10 heteroatoms. The summed E-state index contributed by atoms with van der Waals surface area (Å²) in [5.41, 5.74) is 3.46. The first-order valence-corrected chi connectivity index (χ1v) is 16.5. The van der Waals surface area contributed by atoms with Crippen molar-refractivity contribution in [1.29, 1.82) is 0 Å². The molecule has 8 rings (SSSR count). The number of thiazole rings is 1. The summed E-state index contributed by atoms with van der Waals surface area (Å²) < 4.78 is 5.78. The molecule has 2 saturated carbocycles. The van der Waals surface area contributed by atoms with Crippen LogP contribution in [-0.4, -0.2) is 34.6 Å². The van der Waals surface area contributed by atoms with Crippen LogP contribution in [0.5, 0.6) is 5.75 Å². The van der Waals surface area contributed by atoms with Gasteiger partial charge in [0.2, 0.25) is 11.8 Å². The van der Waals surface area contributed by atoms with Crippen LogP contribution in [0.3, 0.4) is 0 Å². The van der Waals surface area contributed by atoms with Crippen LogP contribution in [-0.2, 0) is 14.4 Å². The number of para-hydroxylation sites is 1. The van der Waals surface area contributed by atoms with Gasteiger partial charge in [-0.05, 0) is 73.1 Å². The average molecular weight is 624 g/mol. The van der Waals surface area contributed by atoms with Crippen LogP contribution >= 0.6 is 23.1 Å². The van der Waals surface area contributed by atoms with Gasteiger partial charge in [0.15, 0.2) is 6.61 Å². The van der Waals surface area contributed by atoms with Crippen molar-refractivity contribution in [2.75, 3.05) is 16.8 Å². The molecule has 2 bridgehead atoms. The van der Waals surface area contributed by atoms with Crippen molar-refractivity contribution in [3.8, 4) is 5.75 Å². The zero-order chi connectivity index (χ0) is 30.1. The Morgan fingerprint density at radius 3 is 2.36 bits per heavy atom. The highest BCUT2D eigenvalue weighted by Gasteiger charge is 2.69. The standard InChI is InChI=1S/C34H29N3O5S2/c1-17-7-11-20(12-8-17)37-32(39)27-22-15-23(28(27)33(37)40)29-26(22)25(30-31(43-29)36-34(41)44-30)18-9-13-21(14-10-18)42-16-24(38)35-19-5-3-2-4-6-19/h2-14,22-23,25-29H,15-16H2,1H3,(H,35,38)(H,36,41)/t22-,23-,25+,26-,27+,28+,29-/m1/s1. The Morgan fingerprint density at radius 1 is 0.932 bits per heavy atom. The van der Waals surface area contributed by atoms with Gasteiger partial charge in [0, 0.05) is 21.7 Å². The smallest absolute Gasteiger partial charge is 0.305 e. The highest BCUT2D eigenvalue weighted by molar-refractivity contribution is 8.00. The molecular weight excluding hydrogens is 595 g/mol. The second kappa shape index (κ2) is 10.5. The number of aromatic amines is 1. The number of nitrogens with one attached hydrogen (secondary N) is 2. The Labute approximate surface area is 261 Å². The number of thioether (sulfide) groups is 1. The van der Waals surface area contributed by atoms with Gasteiger partial charge in [-0.2, -0.15) is 0 Å². The van der Waals surface area contributed by atoms with E-state index in [2.05, 4.69) is 10.3 Å². The molecule has 2 N–H and O–H groups in total. The van der Waals surface area contributed by atoms with Crippen LogP contribution in [0.25, 0.3) is 0 Å². The Hall–Kier alpha value is -4.15. The molecule has 3 heterocycles. The number of carbonyl (C=O) groups excluding carboxylic acids is 3. The Balaban J connectivity index is 1.06. The number of aryl methyl sites for hydroxylation is 1. The maximum absolute atomic E-state index is 13.9. The third-order valence-corrected chi connectivity index (χ3v) is 12.3. The summed E-state index contributed by atoms with van der Waals surface area (Å²) in [5.74, 6) is -0.390. The van der Waals surface area contributed by atoms with Crippen molar-refractivity contribution in [3.05, 3.63) is 105 Å². The lowest BCUT2D eigenvalue weighted by atomic mass is 9.68. The molecule has 3 fully saturated rings. The van der Waals surface area contributed by atoms with Crippen molar-refractivity contribution >= 4 is 52.2 Å². The lowest BCUT2D eigenvalue weighted by molar-refractivity contribution is -0.123. The van der Waals surface area contributed by atoms with Gasteiger partial charge < -0.3 is 15.0 Å². The average Bonchev–Trinajstić information content (AvgIpc) is 3.76. The van der Waals surface area contributed by atoms with E-state index in [-0.39, 0.29) is 70.0 Å². The maximum Gasteiger partial charge on any atom is 0.305 e. The normalized spacial score (nSPS) is 28.0. The minimum atomic E-state index is -0.346. The minimum absolute atomic E-state index is 0.0439. The van der Waals surface area contributed by atoms with E-state index in [1.807, 2.05) is 85.8 Å². The Bertz CT molecular complexity index is 1840. The first-order valence-electron chi connectivity index (χ1n) is 14.8. The Kier molecular flexibility index (Phi) is 6.53. The fourth-order valence-electron chi connectivity index (χ4n) is 7.98. The predicted molar refractivity (Wildman–Crippen MR) is 169 cm³/mol. The fraction of sp³-hybridized carbons (Fsp3) is 0.294. The summed E-state index contributed by atoms with van der Waals surface area (Å²) in [6.45, 7) is 1.86. The van der Waals surface area contributed by atoms with E-state index in [0.717, 1.165) is 27.5 Å². The Morgan fingerprint density at radius 2 is 1.64 bits per heavy atom. The van der Waals surface area contributed by atoms with Crippen LogP contribution in [0.2, 0.25) is 0 Å². The van der Waals surface area contributed by atoms with E-state index in [0.29, 0.717) is 17.1 Å². The van der Waals surface area contributed by atoms with Crippen molar-refractivity contribution in [1.82, 2.24) is 4.98 Å². The summed E-state index contributed by atoms with van der Waals surface area (Å²) in [6.07, 6.45) is 0.838. The summed E-state index contributed by atoms with van der Waals surface area (Å²) in [7, 11) is 0. The van der Waals surface area contributed by atoms with Gasteiger partial charge in [-0.3, -0.25) is 24.1 Å². The second-order valence-electron chi connectivity index (χ2n) is 12.1. The van der Waals surface area contributed by atoms with Crippen LogP contribution < -0.4 is 19.8 Å². The molecule has 3 aromatic carbocycles. The van der Waals surface area contributed by atoms with E-state index < -0.39 is 0 Å². The quantitative estimate of drug-likeness (QED) is 0.277. The molecule has 2 aliphatic heterocycles. The van der Waals surface area contributed by atoms with E-state index in [9.17, 15) is 19.2 Å². The summed E-state index contributed by atoms with van der Waals surface area (Å²) in [5, 5.41) is 3.81. The highest BCUT2D eigenvalue weighted by atomic mass is 32.2. The topological polar surface area (TPSA) is 109 Å². The third kappa shape index (κ3) is 4.34. The van der Waals surface area contributed by atoms with Crippen LogP contribution in [0.4, 0.5) is 11.4 Å². The number of imide groups is 1. The van der Waals surface area contributed by atoms with Gasteiger partial charge in [-0.15, -0.1) is 11.8 Å². The molecule has 7 atom stereocenters. The van der Waals surface area contributed by atoms with Gasteiger partial charge in [-0.1, -0.05) is 59.4 Å². The molecule has 2 aliphatic carbocycles. The number of anilines is 2. The van der Waals surface area contributed by atoms with Crippen molar-refractivity contribution in [2.24, 2.45) is 29.6 Å². The molecule has 0 unspecified atom stereocenters. The lowest BCUT2D eigenvalue weighted by Gasteiger charge is -2.43. The van der Waals surface area contributed by atoms with Gasteiger partial charge in [0.1, 0.15) is 5.75 Å². The third-order valence-electron chi connectivity index (χ3n) is 9.68. The molecule has 0 radical (unpaired) electrons.